The van der Waals surface area contributed by atoms with Crippen LogP contribution in [0, 0.1) is 17.7 Å². The molecule has 0 N–H and O–H groups in total. The largest absolute Gasteiger partial charge is 0.435 e. The number of ketones is 1. The van der Waals surface area contributed by atoms with E-state index >= 15 is 0 Å². The fourth-order valence-electron chi connectivity index (χ4n) is 4.96. The fraction of sp³-hybridized carbons (Fsp3) is 0.542. The molecule has 1 aliphatic heterocycles. The first-order chi connectivity index (χ1) is 15.6. The van der Waals surface area contributed by atoms with E-state index in [0.29, 0.717) is 17.7 Å². The number of carbonyl (C=O) groups excluding carboxylic acids is 2. The minimum absolute atomic E-state index is 0.0653. The number of alkyl halides is 3. The first-order valence-electron chi connectivity index (χ1n) is 11.3. The molecule has 178 valence electrons. The van der Waals surface area contributed by atoms with E-state index < -0.39 is 17.7 Å². The van der Waals surface area contributed by atoms with Crippen LogP contribution < -0.4 is 0 Å². The summed E-state index contributed by atoms with van der Waals surface area (Å²) in [6, 6.07) is 5.54. The van der Waals surface area contributed by atoms with E-state index in [4.69, 9.17) is 0 Å². The van der Waals surface area contributed by atoms with Crippen LogP contribution in [0.4, 0.5) is 17.6 Å². The van der Waals surface area contributed by atoms with Crippen molar-refractivity contribution >= 4 is 11.7 Å². The predicted molar refractivity (Wildman–Crippen MR) is 113 cm³/mol. The molecule has 2 aromatic rings. The third kappa shape index (κ3) is 5.28. The Morgan fingerprint density at radius 2 is 1.76 bits per heavy atom. The molecule has 1 saturated carbocycles. The van der Waals surface area contributed by atoms with Gasteiger partial charge in [0, 0.05) is 24.4 Å². The summed E-state index contributed by atoms with van der Waals surface area (Å²) in [5, 5.41) is 3.84. The van der Waals surface area contributed by atoms with Gasteiger partial charge in [0.05, 0.1) is 18.8 Å². The van der Waals surface area contributed by atoms with Crippen LogP contribution in [0.2, 0.25) is 0 Å². The maximum absolute atomic E-state index is 13.6. The summed E-state index contributed by atoms with van der Waals surface area (Å²) in [4.78, 5) is 26.1. The third-order valence-corrected chi connectivity index (χ3v) is 6.89. The van der Waals surface area contributed by atoms with Crippen molar-refractivity contribution < 1.29 is 27.2 Å². The summed E-state index contributed by atoms with van der Waals surface area (Å²) >= 11 is 0. The van der Waals surface area contributed by atoms with Crippen LogP contribution in [0.3, 0.4) is 0 Å². The van der Waals surface area contributed by atoms with Gasteiger partial charge in [0.15, 0.2) is 5.69 Å². The molecule has 0 spiro atoms. The van der Waals surface area contributed by atoms with Gasteiger partial charge >= 0.3 is 6.18 Å². The van der Waals surface area contributed by atoms with Gasteiger partial charge in [0.25, 0.3) is 0 Å². The first-order valence-corrected chi connectivity index (χ1v) is 11.3. The summed E-state index contributed by atoms with van der Waals surface area (Å²) in [6.07, 6.45) is -0.937. The summed E-state index contributed by atoms with van der Waals surface area (Å²) in [6.45, 7) is 1.96. The topological polar surface area (TPSA) is 55.2 Å². The lowest BCUT2D eigenvalue weighted by Crippen LogP contribution is -2.38. The van der Waals surface area contributed by atoms with Crippen LogP contribution in [0.25, 0.3) is 0 Å². The Kier molecular flexibility index (Phi) is 6.59. The molecule has 1 aliphatic carbocycles. The number of hydrogen-bond acceptors (Lipinski definition) is 3. The standard InChI is InChI=1S/C24H27F4N3O2/c1-15(32)18-6-2-16(3-7-18)12-22(33)30-11-10-20-21(14-30)31(29-23(20)24(26,27)28)13-17-4-8-19(25)9-5-17/h4-5,8-9,16,18H,2-3,6-7,10-14H2,1H3. The molecule has 33 heavy (non-hydrogen) atoms. The Morgan fingerprint density at radius 1 is 1.09 bits per heavy atom. The van der Waals surface area contributed by atoms with Crippen molar-refractivity contribution in [2.45, 2.75) is 64.7 Å². The molecule has 2 heterocycles. The highest BCUT2D eigenvalue weighted by molar-refractivity contribution is 5.78. The maximum atomic E-state index is 13.6. The first kappa shape index (κ1) is 23.4. The minimum atomic E-state index is -4.58. The van der Waals surface area contributed by atoms with E-state index in [1.165, 1.54) is 28.9 Å². The molecule has 4 rings (SSSR count). The molecular formula is C24H27F4N3O2. The second-order valence-electron chi connectivity index (χ2n) is 9.15. The third-order valence-electron chi connectivity index (χ3n) is 6.89. The number of halogens is 4. The smallest absolute Gasteiger partial charge is 0.336 e. The Labute approximate surface area is 189 Å². The van der Waals surface area contributed by atoms with Gasteiger partial charge in [-0.05, 0) is 62.6 Å². The number of amides is 1. The van der Waals surface area contributed by atoms with Crippen LogP contribution in [-0.2, 0) is 35.3 Å². The summed E-state index contributed by atoms with van der Waals surface area (Å²) in [7, 11) is 0. The predicted octanol–water partition coefficient (Wildman–Crippen LogP) is 4.76. The summed E-state index contributed by atoms with van der Waals surface area (Å²) in [5.74, 6) is -0.0283. The molecule has 1 aromatic heterocycles. The summed E-state index contributed by atoms with van der Waals surface area (Å²) in [5.41, 5.74) is 0.234. The number of Topliss-reactive ketones (excluding diaryl/α,β-unsaturated/α-hetero) is 1. The van der Waals surface area contributed by atoms with Crippen LogP contribution in [0.5, 0.6) is 0 Å². The van der Waals surface area contributed by atoms with Gasteiger partial charge in [-0.2, -0.15) is 18.3 Å². The zero-order chi connectivity index (χ0) is 23.8. The average molecular weight is 465 g/mol. The van der Waals surface area contributed by atoms with Crippen LogP contribution in [0.1, 0.15) is 61.5 Å². The van der Waals surface area contributed by atoms with Crippen molar-refractivity contribution in [3.05, 3.63) is 52.6 Å². The van der Waals surface area contributed by atoms with Crippen molar-refractivity contribution in [2.75, 3.05) is 6.54 Å². The highest BCUT2D eigenvalue weighted by Gasteiger charge is 2.41. The van der Waals surface area contributed by atoms with Gasteiger partial charge in [-0.1, -0.05) is 12.1 Å². The number of carbonyl (C=O) groups is 2. The quantitative estimate of drug-likeness (QED) is 0.599. The maximum Gasteiger partial charge on any atom is 0.435 e. The van der Waals surface area contributed by atoms with Gasteiger partial charge < -0.3 is 4.90 Å². The molecule has 0 atom stereocenters. The van der Waals surface area contributed by atoms with Crippen LogP contribution in [-0.4, -0.2) is 32.9 Å². The van der Waals surface area contributed by atoms with E-state index in [-0.39, 0.29) is 55.1 Å². The Bertz CT molecular complexity index is 1020. The highest BCUT2D eigenvalue weighted by atomic mass is 19.4. The zero-order valence-electron chi connectivity index (χ0n) is 18.5. The number of benzene rings is 1. The lowest BCUT2D eigenvalue weighted by molar-refractivity contribution is -0.142. The van der Waals surface area contributed by atoms with Crippen LogP contribution >= 0.6 is 0 Å². The zero-order valence-corrected chi connectivity index (χ0v) is 18.5. The molecule has 9 heteroatoms. The molecule has 0 unspecified atom stereocenters. The molecule has 0 radical (unpaired) electrons. The van der Waals surface area contributed by atoms with Gasteiger partial charge in [-0.15, -0.1) is 0 Å². The number of fused-ring (bicyclic) bond motifs is 1. The number of nitrogens with zero attached hydrogens (tertiary/aromatic N) is 3. The van der Waals surface area contributed by atoms with E-state index in [1.807, 2.05) is 0 Å². The normalized spacial score (nSPS) is 21.1. The fourth-order valence-corrected chi connectivity index (χ4v) is 4.96. The molecule has 5 nitrogen and oxygen atoms in total. The Morgan fingerprint density at radius 3 is 2.36 bits per heavy atom. The van der Waals surface area contributed by atoms with Crippen LogP contribution in [0.15, 0.2) is 24.3 Å². The van der Waals surface area contributed by atoms with Gasteiger partial charge in [-0.25, -0.2) is 4.39 Å². The van der Waals surface area contributed by atoms with Gasteiger partial charge in [0.2, 0.25) is 5.91 Å². The molecular weight excluding hydrogens is 438 g/mol. The highest BCUT2D eigenvalue weighted by Crippen LogP contribution is 2.36. The van der Waals surface area contributed by atoms with Crippen molar-refractivity contribution in [3.63, 3.8) is 0 Å². The molecule has 1 aromatic carbocycles. The van der Waals surface area contributed by atoms with E-state index in [0.717, 1.165) is 25.7 Å². The van der Waals surface area contributed by atoms with Gasteiger partial charge in [0.1, 0.15) is 11.6 Å². The van der Waals surface area contributed by atoms with Crippen molar-refractivity contribution in [3.8, 4) is 0 Å². The van der Waals surface area contributed by atoms with E-state index in [1.54, 1.807) is 11.8 Å². The lowest BCUT2D eigenvalue weighted by Gasteiger charge is -2.31. The SMILES string of the molecule is CC(=O)C1CCC(CC(=O)N2CCc3c(C(F)(F)F)nn(Cc4ccc(F)cc4)c3C2)CC1. The second kappa shape index (κ2) is 9.27. The van der Waals surface area contributed by atoms with Crippen molar-refractivity contribution in [2.24, 2.45) is 11.8 Å². The van der Waals surface area contributed by atoms with Crippen molar-refractivity contribution in [1.29, 1.82) is 0 Å². The second-order valence-corrected chi connectivity index (χ2v) is 9.15. The molecule has 0 saturated heterocycles. The van der Waals surface area contributed by atoms with Crippen molar-refractivity contribution in [1.82, 2.24) is 14.7 Å². The number of rotatable bonds is 5. The Hall–Kier alpha value is -2.71. The molecule has 1 fully saturated rings. The lowest BCUT2D eigenvalue weighted by atomic mass is 9.79. The monoisotopic (exact) mass is 465 g/mol. The Balaban J connectivity index is 1.49. The van der Waals surface area contributed by atoms with E-state index in [2.05, 4.69) is 5.10 Å². The van der Waals surface area contributed by atoms with Gasteiger partial charge in [-0.3, -0.25) is 14.3 Å². The average Bonchev–Trinajstić information content (AvgIpc) is 3.14. The number of aromatic nitrogens is 2. The molecule has 2 aliphatic rings. The number of hydrogen-bond donors (Lipinski definition) is 0. The summed E-state index contributed by atoms with van der Waals surface area (Å²) < 4.78 is 55.3. The van der Waals surface area contributed by atoms with E-state index in [9.17, 15) is 27.2 Å². The minimum Gasteiger partial charge on any atom is -0.336 e. The molecule has 1 amide bonds. The molecule has 0 bridgehead atoms.